The third kappa shape index (κ3) is 4.09. The van der Waals surface area contributed by atoms with Gasteiger partial charge in [-0.2, -0.15) is 0 Å². The van der Waals surface area contributed by atoms with Crippen LogP contribution in [-0.2, 0) is 4.79 Å². The molecule has 2 nitrogen and oxygen atoms in total. The van der Waals surface area contributed by atoms with E-state index < -0.39 is 0 Å². The second-order valence-electron chi connectivity index (χ2n) is 1.75. The Morgan fingerprint density at radius 2 is 2.12 bits per heavy atom. The second-order valence-corrected chi connectivity index (χ2v) is 1.75. The summed E-state index contributed by atoms with van der Waals surface area (Å²) >= 11 is 0. The Bertz CT molecular complexity index is 74.8. The van der Waals surface area contributed by atoms with Crippen molar-refractivity contribution in [3.05, 3.63) is 0 Å². The molecule has 0 bridgehead atoms. The summed E-state index contributed by atoms with van der Waals surface area (Å²) in [5, 5.41) is 0. The lowest BCUT2D eigenvalue weighted by Crippen LogP contribution is -2.17. The first-order valence-electron chi connectivity index (χ1n) is 2.39. The van der Waals surface area contributed by atoms with E-state index in [0.717, 1.165) is 0 Å². The maximum absolute atomic E-state index is 10.3. The predicted octanol–water partition coefficient (Wildman–Crippen LogP) is 0.592. The van der Waals surface area contributed by atoms with Gasteiger partial charge in [-0.1, -0.05) is 6.92 Å². The lowest BCUT2D eigenvalue weighted by atomic mass is 10.1. The Morgan fingerprint density at radius 1 is 1.75 bits per heavy atom. The van der Waals surface area contributed by atoms with Crippen molar-refractivity contribution in [1.29, 1.82) is 0 Å². The van der Waals surface area contributed by atoms with Crippen molar-refractivity contribution < 1.29 is 4.79 Å². The van der Waals surface area contributed by atoms with Gasteiger partial charge in [-0.3, -0.25) is 4.79 Å². The Morgan fingerprint density at radius 3 is 2.12 bits per heavy atom. The van der Waals surface area contributed by atoms with Gasteiger partial charge in [0.2, 0.25) is 0 Å². The number of ketones is 1. The number of carbonyl (C=O) groups excluding carboxylic acids is 1. The molecule has 0 amide bonds. The molecule has 0 saturated carbocycles. The maximum Gasteiger partial charge on any atom is 0.133 e. The van der Waals surface area contributed by atoms with Crippen molar-refractivity contribution >= 4 is 18.2 Å². The summed E-state index contributed by atoms with van der Waals surface area (Å²) in [5.41, 5.74) is 5.15. The molecule has 2 N–H and O–H groups in total. The van der Waals surface area contributed by atoms with Crippen LogP contribution in [0.2, 0.25) is 0 Å². The fraction of sp³-hybridized carbons (Fsp3) is 0.800. The molecule has 0 aliphatic carbocycles. The van der Waals surface area contributed by atoms with Gasteiger partial charge in [0.25, 0.3) is 0 Å². The largest absolute Gasteiger partial charge is 0.330 e. The molecule has 0 fully saturated rings. The Labute approximate surface area is 55.9 Å². The first-order valence-corrected chi connectivity index (χ1v) is 2.39. The zero-order valence-electron chi connectivity index (χ0n) is 5.18. The smallest absolute Gasteiger partial charge is 0.133 e. The highest BCUT2D eigenvalue weighted by atomic mass is 35.5. The van der Waals surface area contributed by atoms with Gasteiger partial charge in [-0.15, -0.1) is 12.4 Å². The zero-order chi connectivity index (χ0) is 5.86. The third-order valence-corrected chi connectivity index (χ3v) is 1.05. The minimum absolute atomic E-state index is 0. The van der Waals surface area contributed by atoms with Gasteiger partial charge in [-0.05, 0) is 6.92 Å². The minimum Gasteiger partial charge on any atom is -0.330 e. The van der Waals surface area contributed by atoms with Crippen molar-refractivity contribution in [2.45, 2.75) is 13.8 Å². The van der Waals surface area contributed by atoms with Crippen molar-refractivity contribution in [3.8, 4) is 0 Å². The summed E-state index contributed by atoms with van der Waals surface area (Å²) in [5.74, 6) is 0.211. The number of Topliss-reactive ketones (excluding diaryl/α,β-unsaturated/α-hetero) is 1. The quantitative estimate of drug-likeness (QED) is 0.606. The predicted molar refractivity (Wildman–Crippen MR) is 36.1 cm³/mol. The fourth-order valence-electron chi connectivity index (χ4n) is 0.166. The summed E-state index contributed by atoms with van der Waals surface area (Å²) in [6, 6.07) is 0. The monoisotopic (exact) mass is 137 g/mol. The minimum atomic E-state index is 0. The molecule has 0 radical (unpaired) electrons. The van der Waals surface area contributed by atoms with Crippen LogP contribution in [0.3, 0.4) is 0 Å². The maximum atomic E-state index is 10.3. The molecule has 0 aromatic carbocycles. The molecule has 3 heteroatoms. The molecule has 1 atom stereocenters. The molecule has 1 unspecified atom stereocenters. The molecule has 0 heterocycles. The lowest BCUT2D eigenvalue weighted by molar-refractivity contribution is -0.119. The van der Waals surface area contributed by atoms with E-state index >= 15 is 0 Å². The summed E-state index contributed by atoms with van der Waals surface area (Å²) in [6.07, 6.45) is 0. The van der Waals surface area contributed by atoms with Crippen LogP contribution in [0.1, 0.15) is 13.8 Å². The highest BCUT2D eigenvalue weighted by molar-refractivity contribution is 5.85. The van der Waals surface area contributed by atoms with Crippen LogP contribution in [0, 0.1) is 5.92 Å². The highest BCUT2D eigenvalue weighted by Gasteiger charge is 2.01. The SMILES string of the molecule is CC(=O)C(C)CN.Cl. The van der Waals surface area contributed by atoms with Crippen molar-refractivity contribution in [3.63, 3.8) is 0 Å². The van der Waals surface area contributed by atoms with Gasteiger partial charge in [-0.25, -0.2) is 0 Å². The number of carbonyl (C=O) groups is 1. The van der Waals surface area contributed by atoms with E-state index in [1.54, 1.807) is 6.92 Å². The van der Waals surface area contributed by atoms with Crippen LogP contribution >= 0.6 is 12.4 Å². The fourth-order valence-corrected chi connectivity index (χ4v) is 0.166. The summed E-state index contributed by atoms with van der Waals surface area (Å²) < 4.78 is 0. The Kier molecular flexibility index (Phi) is 6.85. The normalized spacial score (nSPS) is 11.9. The Balaban J connectivity index is 0. The van der Waals surface area contributed by atoms with Crippen LogP contribution in [0.5, 0.6) is 0 Å². The molecule has 0 rings (SSSR count). The molecule has 8 heavy (non-hydrogen) atoms. The molecule has 0 saturated heterocycles. The standard InChI is InChI=1S/C5H11NO.ClH/c1-4(3-6)5(2)7;/h4H,3,6H2,1-2H3;1H. The Hall–Kier alpha value is -0.0800. The highest BCUT2D eigenvalue weighted by Crippen LogP contribution is 1.89. The number of rotatable bonds is 2. The molecular formula is C5H12ClNO. The first kappa shape index (κ1) is 10.8. The molecule has 0 aromatic heterocycles. The summed E-state index contributed by atoms with van der Waals surface area (Å²) in [6.45, 7) is 3.84. The lowest BCUT2D eigenvalue weighted by Gasteiger charge is -1.98. The summed E-state index contributed by atoms with van der Waals surface area (Å²) in [4.78, 5) is 10.3. The third-order valence-electron chi connectivity index (χ3n) is 1.05. The van der Waals surface area contributed by atoms with Crippen LogP contribution in [-0.4, -0.2) is 12.3 Å². The van der Waals surface area contributed by atoms with Gasteiger partial charge in [0, 0.05) is 12.5 Å². The zero-order valence-corrected chi connectivity index (χ0v) is 5.99. The molecular weight excluding hydrogens is 126 g/mol. The van der Waals surface area contributed by atoms with Crippen LogP contribution < -0.4 is 5.73 Å². The van der Waals surface area contributed by atoms with Crippen molar-refractivity contribution in [1.82, 2.24) is 0 Å². The topological polar surface area (TPSA) is 43.1 Å². The molecule has 0 aliphatic heterocycles. The first-order chi connectivity index (χ1) is 3.18. The average molecular weight is 138 g/mol. The van der Waals surface area contributed by atoms with E-state index in [2.05, 4.69) is 0 Å². The molecule has 50 valence electrons. The van der Waals surface area contributed by atoms with E-state index in [0.29, 0.717) is 6.54 Å². The number of halogens is 1. The van der Waals surface area contributed by atoms with Gasteiger partial charge >= 0.3 is 0 Å². The van der Waals surface area contributed by atoms with E-state index in [1.165, 1.54) is 0 Å². The average Bonchev–Trinajstić information content (AvgIpc) is 1.65. The number of nitrogens with two attached hydrogens (primary N) is 1. The van der Waals surface area contributed by atoms with Gasteiger partial charge in [0.05, 0.1) is 0 Å². The number of hydrogen-bond donors (Lipinski definition) is 1. The molecule has 0 spiro atoms. The molecule has 0 aromatic rings. The van der Waals surface area contributed by atoms with Crippen molar-refractivity contribution in [2.75, 3.05) is 6.54 Å². The van der Waals surface area contributed by atoms with Gasteiger partial charge < -0.3 is 5.73 Å². The van der Waals surface area contributed by atoms with Gasteiger partial charge in [0.15, 0.2) is 0 Å². The van der Waals surface area contributed by atoms with Crippen LogP contribution in [0.4, 0.5) is 0 Å². The van der Waals surface area contributed by atoms with Gasteiger partial charge in [0.1, 0.15) is 5.78 Å². The van der Waals surface area contributed by atoms with E-state index in [-0.39, 0.29) is 24.1 Å². The van der Waals surface area contributed by atoms with E-state index in [4.69, 9.17) is 5.73 Å². The molecule has 0 aliphatic rings. The van der Waals surface area contributed by atoms with Crippen LogP contribution in [0.25, 0.3) is 0 Å². The van der Waals surface area contributed by atoms with Crippen molar-refractivity contribution in [2.24, 2.45) is 11.7 Å². The van der Waals surface area contributed by atoms with E-state index in [1.807, 2.05) is 6.92 Å². The number of hydrogen-bond acceptors (Lipinski definition) is 2. The second kappa shape index (κ2) is 5.06. The van der Waals surface area contributed by atoms with E-state index in [9.17, 15) is 4.79 Å². The van der Waals surface area contributed by atoms with Crippen LogP contribution in [0.15, 0.2) is 0 Å². The summed E-state index contributed by atoms with van der Waals surface area (Å²) in [7, 11) is 0.